The maximum atomic E-state index is 12.0. The van der Waals surface area contributed by atoms with Gasteiger partial charge in [-0.1, -0.05) is 12.1 Å². The number of halogens is 3. The number of hydrogen-bond donors (Lipinski definition) is 3. The molecule has 8 heteroatoms. The summed E-state index contributed by atoms with van der Waals surface area (Å²) in [5.74, 6) is 0.111. The number of carbonyl (C=O) groups is 1. The molecule has 1 rings (SSSR count). The van der Waals surface area contributed by atoms with Crippen molar-refractivity contribution < 1.29 is 27.8 Å². The second-order valence-electron chi connectivity index (χ2n) is 5.23. The van der Waals surface area contributed by atoms with Crippen molar-refractivity contribution in [1.29, 1.82) is 0 Å². The normalized spacial score (nSPS) is 14.0. The molecule has 2 unspecified atom stereocenters. The topological polar surface area (TPSA) is 70.6 Å². The van der Waals surface area contributed by atoms with Crippen LogP contribution in [0.3, 0.4) is 0 Å². The summed E-state index contributed by atoms with van der Waals surface area (Å²) < 4.78 is 40.8. The van der Waals surface area contributed by atoms with Gasteiger partial charge in [-0.15, -0.1) is 0 Å². The molecule has 3 N–H and O–H groups in total. The van der Waals surface area contributed by atoms with Crippen LogP contribution in [-0.4, -0.2) is 36.6 Å². The molecule has 0 saturated heterocycles. The van der Waals surface area contributed by atoms with Crippen LogP contribution in [0.5, 0.6) is 5.75 Å². The Labute approximate surface area is 132 Å². The number of amides is 2. The van der Waals surface area contributed by atoms with Gasteiger partial charge < -0.3 is 20.5 Å². The third-order valence-corrected chi connectivity index (χ3v) is 2.98. The second-order valence-corrected chi connectivity index (χ2v) is 5.23. The lowest BCUT2D eigenvalue weighted by Crippen LogP contribution is -2.38. The molecule has 5 nitrogen and oxygen atoms in total. The van der Waals surface area contributed by atoms with Gasteiger partial charge in [-0.3, -0.25) is 0 Å². The van der Waals surface area contributed by atoms with Crippen LogP contribution in [0.25, 0.3) is 0 Å². The van der Waals surface area contributed by atoms with E-state index in [1.165, 1.54) is 12.1 Å². The van der Waals surface area contributed by atoms with Crippen LogP contribution in [0.15, 0.2) is 24.3 Å². The van der Waals surface area contributed by atoms with Gasteiger partial charge in [-0.25, -0.2) is 4.79 Å². The number of aliphatic hydroxyl groups excluding tert-OH is 1. The van der Waals surface area contributed by atoms with Crippen LogP contribution >= 0.6 is 0 Å². The van der Waals surface area contributed by atoms with Crippen LogP contribution in [0, 0.1) is 0 Å². The lowest BCUT2D eigenvalue weighted by Gasteiger charge is -2.16. The Balaban J connectivity index is 2.44. The van der Waals surface area contributed by atoms with E-state index in [0.717, 1.165) is 5.56 Å². The largest absolute Gasteiger partial charge is 0.484 e. The molecule has 2 amide bonds. The first-order valence-corrected chi connectivity index (χ1v) is 7.19. The first-order valence-electron chi connectivity index (χ1n) is 7.19. The minimum absolute atomic E-state index is 0.111. The number of urea groups is 1. The van der Waals surface area contributed by atoms with Gasteiger partial charge in [0.05, 0.1) is 12.1 Å². The molecular weight excluding hydrogens is 313 g/mol. The highest BCUT2D eigenvalue weighted by Gasteiger charge is 2.28. The molecule has 0 aromatic heterocycles. The summed E-state index contributed by atoms with van der Waals surface area (Å²) in [5, 5.41) is 14.4. The minimum Gasteiger partial charge on any atom is -0.484 e. The Kier molecular flexibility index (Phi) is 7.15. The van der Waals surface area contributed by atoms with Crippen LogP contribution in [0.2, 0.25) is 0 Å². The van der Waals surface area contributed by atoms with Gasteiger partial charge in [-0.2, -0.15) is 13.2 Å². The van der Waals surface area contributed by atoms with E-state index in [-0.39, 0.29) is 17.8 Å². The van der Waals surface area contributed by atoms with Crippen molar-refractivity contribution >= 4 is 6.03 Å². The summed E-state index contributed by atoms with van der Waals surface area (Å²) in [6.45, 7) is 2.39. The molecule has 0 aliphatic rings. The Morgan fingerprint density at radius 1 is 1.26 bits per heavy atom. The van der Waals surface area contributed by atoms with E-state index in [2.05, 4.69) is 15.4 Å². The van der Waals surface area contributed by atoms with Gasteiger partial charge in [-0.05, 0) is 38.0 Å². The van der Waals surface area contributed by atoms with Crippen molar-refractivity contribution in [3.8, 4) is 5.75 Å². The molecule has 0 bridgehead atoms. The Morgan fingerprint density at radius 3 is 2.39 bits per heavy atom. The molecule has 0 saturated carbocycles. The zero-order chi connectivity index (χ0) is 17.5. The number of nitrogens with one attached hydrogen (secondary N) is 2. The highest BCUT2D eigenvalue weighted by atomic mass is 19.4. The summed E-state index contributed by atoms with van der Waals surface area (Å²) in [4.78, 5) is 11.6. The number of ether oxygens (including phenoxy) is 1. The summed E-state index contributed by atoms with van der Waals surface area (Å²) in [7, 11) is 0. The van der Waals surface area contributed by atoms with Gasteiger partial charge in [0.1, 0.15) is 5.75 Å². The van der Waals surface area contributed by atoms with E-state index >= 15 is 0 Å². The molecule has 0 radical (unpaired) electrons. The molecule has 23 heavy (non-hydrogen) atoms. The zero-order valence-electron chi connectivity index (χ0n) is 13.0. The van der Waals surface area contributed by atoms with Gasteiger partial charge in [0.15, 0.2) is 6.61 Å². The molecule has 0 spiro atoms. The first kappa shape index (κ1) is 19.1. The third-order valence-electron chi connectivity index (χ3n) is 2.98. The first-order chi connectivity index (χ1) is 10.7. The van der Waals surface area contributed by atoms with Gasteiger partial charge in [0.25, 0.3) is 0 Å². The number of carbonyl (C=O) groups excluding carboxylic acids is 1. The third kappa shape index (κ3) is 8.29. The predicted octanol–water partition coefficient (Wildman–Crippen LogP) is 2.76. The number of aliphatic hydroxyl groups is 1. The van der Waals surface area contributed by atoms with Gasteiger partial charge in [0.2, 0.25) is 0 Å². The summed E-state index contributed by atoms with van der Waals surface area (Å²) >= 11 is 0. The summed E-state index contributed by atoms with van der Waals surface area (Å²) in [6, 6.07) is 5.32. The minimum atomic E-state index is -4.38. The van der Waals surface area contributed by atoms with E-state index < -0.39 is 18.9 Å². The summed E-state index contributed by atoms with van der Waals surface area (Å²) in [6.07, 6.45) is -4.41. The standard InChI is InChI=1S/C15H21F3N2O3/c1-10(21)7-8-19-14(22)20-11(2)12-3-5-13(6-4-12)23-9-15(16,17)18/h3-6,10-11,21H,7-9H2,1-2H3,(H2,19,20,22). The highest BCUT2D eigenvalue weighted by Crippen LogP contribution is 2.20. The van der Waals surface area contributed by atoms with Crippen molar-refractivity contribution in [2.75, 3.05) is 13.2 Å². The number of rotatable bonds is 7. The van der Waals surface area contributed by atoms with Gasteiger partial charge in [0, 0.05) is 6.54 Å². The summed E-state index contributed by atoms with van der Waals surface area (Å²) in [5.41, 5.74) is 0.732. The Morgan fingerprint density at radius 2 is 1.87 bits per heavy atom. The average molecular weight is 334 g/mol. The lowest BCUT2D eigenvalue weighted by atomic mass is 10.1. The fourth-order valence-electron chi connectivity index (χ4n) is 1.74. The predicted molar refractivity (Wildman–Crippen MR) is 79.2 cm³/mol. The molecule has 0 aliphatic carbocycles. The van der Waals surface area contributed by atoms with Crippen LogP contribution in [-0.2, 0) is 0 Å². The number of alkyl halides is 3. The van der Waals surface area contributed by atoms with Crippen molar-refractivity contribution in [2.24, 2.45) is 0 Å². The molecule has 2 atom stereocenters. The van der Waals surface area contributed by atoms with Crippen molar-refractivity contribution in [2.45, 2.75) is 38.6 Å². The zero-order valence-corrected chi connectivity index (χ0v) is 13.0. The number of benzene rings is 1. The number of hydrogen-bond acceptors (Lipinski definition) is 3. The van der Waals surface area contributed by atoms with Crippen molar-refractivity contribution in [1.82, 2.24) is 10.6 Å². The fourth-order valence-corrected chi connectivity index (χ4v) is 1.74. The monoisotopic (exact) mass is 334 g/mol. The lowest BCUT2D eigenvalue weighted by molar-refractivity contribution is -0.153. The van der Waals surface area contributed by atoms with Crippen molar-refractivity contribution in [3.05, 3.63) is 29.8 Å². The SMILES string of the molecule is CC(O)CCNC(=O)NC(C)c1ccc(OCC(F)(F)F)cc1. The quantitative estimate of drug-likeness (QED) is 0.718. The molecule has 1 aromatic carbocycles. The Bertz CT molecular complexity index is 490. The van der Waals surface area contributed by atoms with E-state index in [1.807, 2.05) is 0 Å². The van der Waals surface area contributed by atoms with Crippen molar-refractivity contribution in [3.63, 3.8) is 0 Å². The van der Waals surface area contributed by atoms with E-state index in [4.69, 9.17) is 5.11 Å². The molecule has 130 valence electrons. The highest BCUT2D eigenvalue weighted by molar-refractivity contribution is 5.74. The maximum absolute atomic E-state index is 12.0. The molecule has 1 aromatic rings. The van der Waals surface area contributed by atoms with Crippen LogP contribution in [0.4, 0.5) is 18.0 Å². The molecule has 0 heterocycles. The van der Waals surface area contributed by atoms with Crippen LogP contribution < -0.4 is 15.4 Å². The fraction of sp³-hybridized carbons (Fsp3) is 0.533. The average Bonchev–Trinajstić information content (AvgIpc) is 2.44. The second kappa shape index (κ2) is 8.61. The van der Waals surface area contributed by atoms with E-state index in [1.54, 1.807) is 26.0 Å². The molecular formula is C15H21F3N2O3. The van der Waals surface area contributed by atoms with E-state index in [9.17, 15) is 18.0 Å². The van der Waals surface area contributed by atoms with E-state index in [0.29, 0.717) is 13.0 Å². The Hall–Kier alpha value is -1.96. The maximum Gasteiger partial charge on any atom is 0.422 e. The van der Waals surface area contributed by atoms with Crippen LogP contribution in [0.1, 0.15) is 31.9 Å². The van der Waals surface area contributed by atoms with Gasteiger partial charge >= 0.3 is 12.2 Å². The molecule has 0 aliphatic heterocycles. The molecule has 0 fully saturated rings. The smallest absolute Gasteiger partial charge is 0.422 e.